The maximum atomic E-state index is 13.4. The Hall–Kier alpha value is -2.82. The number of hydrogen-bond acceptors (Lipinski definition) is 4. The number of thioether (sulfide) groups is 1. The monoisotopic (exact) mass is 580 g/mol. The van der Waals surface area contributed by atoms with Crippen LogP contribution in [-0.4, -0.2) is 26.4 Å². The van der Waals surface area contributed by atoms with Crippen molar-refractivity contribution in [2.75, 3.05) is 11.1 Å². The van der Waals surface area contributed by atoms with Crippen molar-refractivity contribution in [3.05, 3.63) is 87.4 Å². The first-order chi connectivity index (χ1) is 16.6. The largest absolute Gasteiger partial charge is 0.418 e. The Morgan fingerprint density at radius 2 is 1.83 bits per heavy atom. The average molecular weight is 582 g/mol. The SMILES string of the molecule is Cc1cccc(-n2c(SCC(=O)Nc3ccc(Br)cc3C(F)(F)F)nnc2-c2ccc(Cl)cc2)c1. The standard InChI is InChI=1S/C24H17BrClF3N4OS/c1-14-3-2-4-18(11-14)33-22(15-5-8-17(26)9-6-15)31-32-23(33)35-13-21(34)30-20-10-7-16(25)12-19(20)24(27,28)29/h2-12H,13H2,1H3,(H,30,34). The molecule has 0 fully saturated rings. The van der Waals surface area contributed by atoms with Gasteiger partial charge in [0.1, 0.15) is 0 Å². The molecule has 0 saturated heterocycles. The van der Waals surface area contributed by atoms with E-state index in [1.54, 1.807) is 16.7 Å². The van der Waals surface area contributed by atoms with Gasteiger partial charge in [0, 0.05) is 20.7 Å². The zero-order valence-corrected chi connectivity index (χ0v) is 21.3. The summed E-state index contributed by atoms with van der Waals surface area (Å²) in [5, 5.41) is 11.9. The molecule has 1 heterocycles. The third-order valence-electron chi connectivity index (χ3n) is 4.89. The molecule has 180 valence electrons. The lowest BCUT2D eigenvalue weighted by molar-refractivity contribution is -0.137. The van der Waals surface area contributed by atoms with Gasteiger partial charge in [0.25, 0.3) is 0 Å². The summed E-state index contributed by atoms with van der Waals surface area (Å²) in [7, 11) is 0. The Balaban J connectivity index is 1.61. The summed E-state index contributed by atoms with van der Waals surface area (Å²) in [5.74, 6) is -0.227. The molecule has 0 spiro atoms. The van der Waals surface area contributed by atoms with Crippen LogP contribution in [0.15, 0.2) is 76.4 Å². The van der Waals surface area contributed by atoms with Crippen molar-refractivity contribution in [1.82, 2.24) is 14.8 Å². The molecular formula is C24H17BrClF3N4OS. The first-order valence-electron chi connectivity index (χ1n) is 10.2. The number of aryl methyl sites for hydroxylation is 1. The number of carbonyl (C=O) groups is 1. The van der Waals surface area contributed by atoms with Gasteiger partial charge in [-0.15, -0.1) is 10.2 Å². The fraction of sp³-hybridized carbons (Fsp3) is 0.125. The van der Waals surface area contributed by atoms with Crippen LogP contribution in [0.3, 0.4) is 0 Å². The quantitative estimate of drug-likeness (QED) is 0.241. The maximum absolute atomic E-state index is 13.4. The van der Waals surface area contributed by atoms with Gasteiger partial charge in [-0.2, -0.15) is 13.2 Å². The van der Waals surface area contributed by atoms with Crippen LogP contribution >= 0.6 is 39.3 Å². The van der Waals surface area contributed by atoms with E-state index in [1.807, 2.05) is 43.3 Å². The van der Waals surface area contributed by atoms with Gasteiger partial charge in [-0.1, -0.05) is 51.4 Å². The number of rotatable bonds is 6. The molecule has 0 saturated carbocycles. The third-order valence-corrected chi connectivity index (χ3v) is 6.56. The Kier molecular flexibility index (Phi) is 7.53. The molecule has 1 amide bonds. The molecule has 4 aromatic rings. The van der Waals surface area contributed by atoms with Gasteiger partial charge in [0.05, 0.1) is 17.0 Å². The predicted octanol–water partition coefficient (Wildman–Crippen LogP) is 7.41. The van der Waals surface area contributed by atoms with Gasteiger partial charge in [-0.3, -0.25) is 9.36 Å². The highest BCUT2D eigenvalue weighted by atomic mass is 79.9. The number of nitrogens with zero attached hydrogens (tertiary/aromatic N) is 3. The number of hydrogen-bond donors (Lipinski definition) is 1. The molecule has 0 aliphatic carbocycles. The van der Waals surface area contributed by atoms with E-state index in [1.165, 1.54) is 12.1 Å². The first kappa shape index (κ1) is 25.3. The smallest absolute Gasteiger partial charge is 0.325 e. The van der Waals surface area contributed by atoms with Crippen LogP contribution in [-0.2, 0) is 11.0 Å². The molecule has 1 aromatic heterocycles. The molecule has 0 aliphatic heterocycles. The topological polar surface area (TPSA) is 59.8 Å². The molecule has 3 aromatic carbocycles. The fourth-order valence-corrected chi connectivity index (χ4v) is 4.56. The Morgan fingerprint density at radius 1 is 1.09 bits per heavy atom. The zero-order valence-electron chi connectivity index (χ0n) is 18.1. The van der Waals surface area contributed by atoms with Gasteiger partial charge in [-0.05, 0) is 67.1 Å². The van der Waals surface area contributed by atoms with E-state index in [4.69, 9.17) is 11.6 Å². The third kappa shape index (κ3) is 6.06. The molecule has 0 aliphatic rings. The summed E-state index contributed by atoms with van der Waals surface area (Å²) < 4.78 is 42.2. The van der Waals surface area contributed by atoms with Crippen molar-refractivity contribution in [3.8, 4) is 17.1 Å². The van der Waals surface area contributed by atoms with Crippen molar-refractivity contribution >= 4 is 50.9 Å². The Labute approximate surface area is 216 Å². The van der Waals surface area contributed by atoms with Crippen molar-refractivity contribution in [3.63, 3.8) is 0 Å². The van der Waals surface area contributed by atoms with Crippen molar-refractivity contribution in [2.45, 2.75) is 18.3 Å². The van der Waals surface area contributed by atoms with Gasteiger partial charge in [0.2, 0.25) is 5.91 Å². The van der Waals surface area contributed by atoms with Crippen LogP contribution in [0.4, 0.5) is 18.9 Å². The zero-order chi connectivity index (χ0) is 25.2. The number of aromatic nitrogens is 3. The fourth-order valence-electron chi connectivity index (χ4n) is 3.33. The highest BCUT2D eigenvalue weighted by Crippen LogP contribution is 2.37. The number of halogens is 5. The van der Waals surface area contributed by atoms with Gasteiger partial charge in [-0.25, -0.2) is 0 Å². The maximum Gasteiger partial charge on any atom is 0.418 e. The average Bonchev–Trinajstić information content (AvgIpc) is 3.23. The van der Waals surface area contributed by atoms with Crippen LogP contribution in [0.5, 0.6) is 0 Å². The Bertz CT molecular complexity index is 1380. The molecule has 0 radical (unpaired) electrons. The summed E-state index contributed by atoms with van der Waals surface area (Å²) in [5.41, 5.74) is 1.33. The van der Waals surface area contributed by atoms with Crippen LogP contribution in [0, 0.1) is 6.92 Å². The van der Waals surface area contributed by atoms with E-state index in [2.05, 4.69) is 31.4 Å². The van der Waals surface area contributed by atoms with E-state index in [-0.39, 0.29) is 15.9 Å². The highest BCUT2D eigenvalue weighted by molar-refractivity contribution is 9.10. The molecular weight excluding hydrogens is 565 g/mol. The molecule has 4 rings (SSSR count). The summed E-state index contributed by atoms with van der Waals surface area (Å²) in [4.78, 5) is 12.6. The van der Waals surface area contributed by atoms with Gasteiger partial charge >= 0.3 is 6.18 Å². The summed E-state index contributed by atoms with van der Waals surface area (Å²) in [6.45, 7) is 1.95. The van der Waals surface area contributed by atoms with E-state index in [0.29, 0.717) is 16.0 Å². The van der Waals surface area contributed by atoms with Crippen LogP contribution in [0.25, 0.3) is 17.1 Å². The molecule has 0 atom stereocenters. The van der Waals surface area contributed by atoms with Gasteiger partial charge in [0.15, 0.2) is 11.0 Å². The Morgan fingerprint density at radius 3 is 2.51 bits per heavy atom. The lowest BCUT2D eigenvalue weighted by Crippen LogP contribution is -2.18. The van der Waals surface area contributed by atoms with Crippen LogP contribution in [0.2, 0.25) is 5.02 Å². The number of anilines is 1. The number of amides is 1. The number of benzene rings is 3. The minimum absolute atomic E-state index is 0.169. The summed E-state index contributed by atoms with van der Waals surface area (Å²) in [6, 6.07) is 18.4. The second-order valence-corrected chi connectivity index (χ2v) is 9.81. The van der Waals surface area contributed by atoms with Crippen molar-refractivity contribution < 1.29 is 18.0 Å². The number of carbonyl (C=O) groups excluding carboxylic acids is 1. The van der Waals surface area contributed by atoms with Crippen molar-refractivity contribution in [1.29, 1.82) is 0 Å². The summed E-state index contributed by atoms with van der Waals surface area (Å²) >= 11 is 10.1. The number of nitrogens with one attached hydrogen (secondary N) is 1. The lowest BCUT2D eigenvalue weighted by Gasteiger charge is -2.14. The predicted molar refractivity (Wildman–Crippen MR) is 135 cm³/mol. The molecule has 0 bridgehead atoms. The van der Waals surface area contributed by atoms with E-state index in [9.17, 15) is 18.0 Å². The minimum Gasteiger partial charge on any atom is -0.325 e. The minimum atomic E-state index is -4.61. The van der Waals surface area contributed by atoms with Gasteiger partial charge < -0.3 is 5.32 Å². The van der Waals surface area contributed by atoms with Crippen LogP contribution in [0.1, 0.15) is 11.1 Å². The normalized spacial score (nSPS) is 11.5. The van der Waals surface area contributed by atoms with E-state index < -0.39 is 17.6 Å². The molecule has 1 N–H and O–H groups in total. The summed E-state index contributed by atoms with van der Waals surface area (Å²) in [6.07, 6.45) is -4.61. The second kappa shape index (κ2) is 10.4. The van der Waals surface area contributed by atoms with Crippen LogP contribution < -0.4 is 5.32 Å². The second-order valence-electron chi connectivity index (χ2n) is 7.51. The molecule has 0 unspecified atom stereocenters. The molecule has 5 nitrogen and oxygen atoms in total. The molecule has 11 heteroatoms. The molecule has 35 heavy (non-hydrogen) atoms. The number of alkyl halides is 3. The first-order valence-corrected chi connectivity index (χ1v) is 12.4. The lowest BCUT2D eigenvalue weighted by atomic mass is 10.1. The van der Waals surface area contributed by atoms with E-state index >= 15 is 0 Å². The van der Waals surface area contributed by atoms with E-state index in [0.717, 1.165) is 34.6 Å². The highest BCUT2D eigenvalue weighted by Gasteiger charge is 2.34. The van der Waals surface area contributed by atoms with Crippen molar-refractivity contribution in [2.24, 2.45) is 0 Å².